The number of nitrogens with zero attached hydrogens (tertiary/aromatic N) is 1. The average Bonchev–Trinajstić information content (AvgIpc) is 2.57. The second-order valence-electron chi connectivity index (χ2n) is 3.58. The molecule has 1 fully saturated rings. The fourth-order valence-electron chi connectivity index (χ4n) is 1.67. The molecule has 0 amide bonds. The van der Waals surface area contributed by atoms with Crippen LogP contribution in [0, 0.1) is 0 Å². The Kier molecular flexibility index (Phi) is 3.70. The topological polar surface area (TPSA) is 49.4 Å². The molecule has 1 N–H and O–H groups in total. The van der Waals surface area contributed by atoms with E-state index in [1.54, 1.807) is 15.8 Å². The fourth-order valence-corrected chi connectivity index (χ4v) is 5.73. The van der Waals surface area contributed by atoms with Crippen LogP contribution in [-0.2, 0) is 10.0 Å². The summed E-state index contributed by atoms with van der Waals surface area (Å²) in [4.78, 5) is 0. The van der Waals surface area contributed by atoms with E-state index >= 15 is 0 Å². The molecule has 1 aromatic heterocycles. The summed E-state index contributed by atoms with van der Waals surface area (Å²) in [6.45, 7) is 3.88. The van der Waals surface area contributed by atoms with Crippen LogP contribution in [0.4, 0.5) is 0 Å². The van der Waals surface area contributed by atoms with Crippen LogP contribution in [0.1, 0.15) is 6.92 Å². The molecule has 0 saturated carbocycles. The lowest BCUT2D eigenvalue weighted by Crippen LogP contribution is -2.58. The van der Waals surface area contributed by atoms with Crippen molar-refractivity contribution in [2.45, 2.75) is 17.2 Å². The molecule has 90 valence electrons. The Hall–Kier alpha value is 0.0500. The Labute approximate surface area is 108 Å². The van der Waals surface area contributed by atoms with E-state index in [-0.39, 0.29) is 6.04 Å². The van der Waals surface area contributed by atoms with Gasteiger partial charge in [0.2, 0.25) is 0 Å². The number of nitrogens with one attached hydrogen (secondary N) is 1. The van der Waals surface area contributed by atoms with E-state index in [9.17, 15) is 8.42 Å². The van der Waals surface area contributed by atoms with Crippen molar-refractivity contribution in [1.82, 2.24) is 9.62 Å². The van der Waals surface area contributed by atoms with Gasteiger partial charge < -0.3 is 5.32 Å². The molecule has 0 aliphatic carbocycles. The number of halogens is 1. The molecule has 4 nitrogen and oxygen atoms in total. The standard InChI is InChI=1S/C9H13BrN2O2S2/c1-2-12(7-5-11-6-7)16(13,14)9-8(10)3-4-15-9/h3-4,7,11H,2,5-6H2,1H3. The molecule has 0 aromatic carbocycles. The van der Waals surface area contributed by atoms with E-state index in [1.807, 2.05) is 6.92 Å². The fraction of sp³-hybridized carbons (Fsp3) is 0.556. The first kappa shape index (κ1) is 12.5. The van der Waals surface area contributed by atoms with Gasteiger partial charge in [0, 0.05) is 24.1 Å². The highest BCUT2D eigenvalue weighted by atomic mass is 79.9. The SMILES string of the molecule is CCN(C1CNC1)S(=O)(=O)c1sccc1Br. The predicted molar refractivity (Wildman–Crippen MR) is 68.2 cm³/mol. The van der Waals surface area contributed by atoms with Gasteiger partial charge >= 0.3 is 0 Å². The lowest BCUT2D eigenvalue weighted by Gasteiger charge is -2.36. The first-order valence-electron chi connectivity index (χ1n) is 5.03. The summed E-state index contributed by atoms with van der Waals surface area (Å²) < 4.78 is 27.3. The maximum atomic E-state index is 12.4. The smallest absolute Gasteiger partial charge is 0.254 e. The molecule has 1 aliphatic heterocycles. The minimum absolute atomic E-state index is 0.101. The molecule has 0 atom stereocenters. The minimum atomic E-state index is -3.33. The molecule has 1 saturated heterocycles. The van der Waals surface area contributed by atoms with Gasteiger partial charge in [-0.1, -0.05) is 6.92 Å². The minimum Gasteiger partial charge on any atom is -0.313 e. The van der Waals surface area contributed by atoms with Gasteiger partial charge in [-0.05, 0) is 27.4 Å². The third-order valence-corrected chi connectivity index (χ3v) is 7.28. The Morgan fingerprint density at radius 3 is 2.69 bits per heavy atom. The molecule has 0 unspecified atom stereocenters. The largest absolute Gasteiger partial charge is 0.313 e. The lowest BCUT2D eigenvalue weighted by molar-refractivity contribution is 0.250. The summed E-state index contributed by atoms with van der Waals surface area (Å²) in [6, 6.07) is 1.87. The van der Waals surface area contributed by atoms with Crippen LogP contribution >= 0.6 is 27.3 Å². The number of hydrogen-bond donors (Lipinski definition) is 1. The van der Waals surface area contributed by atoms with Crippen molar-refractivity contribution in [2.75, 3.05) is 19.6 Å². The van der Waals surface area contributed by atoms with Gasteiger partial charge in [0.05, 0.1) is 6.04 Å². The number of rotatable bonds is 4. The molecule has 2 heterocycles. The summed E-state index contributed by atoms with van der Waals surface area (Å²) in [5.74, 6) is 0. The highest BCUT2D eigenvalue weighted by Gasteiger charge is 2.35. The molecule has 7 heteroatoms. The van der Waals surface area contributed by atoms with Gasteiger partial charge in [-0.3, -0.25) is 0 Å². The van der Waals surface area contributed by atoms with E-state index in [1.165, 1.54) is 11.3 Å². The number of thiophene rings is 1. The highest BCUT2D eigenvalue weighted by Crippen LogP contribution is 2.31. The third kappa shape index (κ3) is 2.06. The number of hydrogen-bond acceptors (Lipinski definition) is 4. The Morgan fingerprint density at radius 1 is 1.62 bits per heavy atom. The molecule has 2 rings (SSSR count). The van der Waals surface area contributed by atoms with Gasteiger partial charge in [-0.25, -0.2) is 8.42 Å². The summed E-state index contributed by atoms with van der Waals surface area (Å²) in [7, 11) is -3.33. The van der Waals surface area contributed by atoms with Crippen molar-refractivity contribution in [3.05, 3.63) is 15.9 Å². The molecular formula is C9H13BrN2O2S2. The van der Waals surface area contributed by atoms with Crippen molar-refractivity contribution < 1.29 is 8.42 Å². The van der Waals surface area contributed by atoms with Crippen LogP contribution in [-0.4, -0.2) is 38.4 Å². The van der Waals surface area contributed by atoms with E-state index < -0.39 is 10.0 Å². The Bertz CT molecular complexity index is 468. The summed E-state index contributed by atoms with van der Waals surface area (Å²) in [6.07, 6.45) is 0. The van der Waals surface area contributed by atoms with E-state index in [4.69, 9.17) is 0 Å². The zero-order valence-electron chi connectivity index (χ0n) is 8.81. The quantitative estimate of drug-likeness (QED) is 0.913. The van der Waals surface area contributed by atoms with Crippen LogP contribution in [0.25, 0.3) is 0 Å². The van der Waals surface area contributed by atoms with Crippen molar-refractivity contribution >= 4 is 37.3 Å². The lowest BCUT2D eigenvalue weighted by atomic mass is 10.2. The van der Waals surface area contributed by atoms with Gasteiger partial charge in [-0.15, -0.1) is 11.3 Å². The first-order valence-corrected chi connectivity index (χ1v) is 8.14. The zero-order valence-corrected chi connectivity index (χ0v) is 12.0. The van der Waals surface area contributed by atoms with Crippen molar-refractivity contribution in [1.29, 1.82) is 0 Å². The molecule has 1 aliphatic rings. The summed E-state index contributed by atoms with van der Waals surface area (Å²) >= 11 is 4.53. The third-order valence-electron chi connectivity index (χ3n) is 2.61. The van der Waals surface area contributed by atoms with E-state index in [0.717, 1.165) is 13.1 Å². The van der Waals surface area contributed by atoms with Gasteiger partial charge in [0.15, 0.2) is 0 Å². The monoisotopic (exact) mass is 324 g/mol. The average molecular weight is 325 g/mol. The van der Waals surface area contributed by atoms with Crippen molar-refractivity contribution in [3.8, 4) is 0 Å². The molecule has 0 radical (unpaired) electrons. The Morgan fingerprint density at radius 2 is 2.31 bits per heavy atom. The molecular weight excluding hydrogens is 312 g/mol. The maximum Gasteiger partial charge on any atom is 0.254 e. The van der Waals surface area contributed by atoms with E-state index in [0.29, 0.717) is 15.2 Å². The van der Waals surface area contributed by atoms with Crippen LogP contribution in [0.5, 0.6) is 0 Å². The van der Waals surface area contributed by atoms with E-state index in [2.05, 4.69) is 21.2 Å². The number of sulfonamides is 1. The van der Waals surface area contributed by atoms with Crippen LogP contribution < -0.4 is 5.32 Å². The first-order chi connectivity index (χ1) is 7.57. The highest BCUT2D eigenvalue weighted by molar-refractivity contribution is 9.10. The summed E-state index contributed by atoms with van der Waals surface area (Å²) in [5, 5.41) is 4.88. The molecule has 16 heavy (non-hydrogen) atoms. The van der Waals surface area contributed by atoms with Gasteiger partial charge in [-0.2, -0.15) is 4.31 Å². The van der Waals surface area contributed by atoms with Crippen molar-refractivity contribution in [3.63, 3.8) is 0 Å². The molecule has 0 spiro atoms. The van der Waals surface area contributed by atoms with Crippen LogP contribution in [0.2, 0.25) is 0 Å². The van der Waals surface area contributed by atoms with Gasteiger partial charge in [0.25, 0.3) is 10.0 Å². The van der Waals surface area contributed by atoms with Crippen LogP contribution in [0.15, 0.2) is 20.1 Å². The molecule has 1 aromatic rings. The summed E-state index contributed by atoms with van der Waals surface area (Å²) in [5.41, 5.74) is 0. The predicted octanol–water partition coefficient (Wildman–Crippen LogP) is 1.49. The second-order valence-corrected chi connectivity index (χ2v) is 7.43. The second kappa shape index (κ2) is 4.73. The molecule has 0 bridgehead atoms. The van der Waals surface area contributed by atoms with Crippen molar-refractivity contribution in [2.24, 2.45) is 0 Å². The Balaban J connectivity index is 2.33. The van der Waals surface area contributed by atoms with Crippen LogP contribution in [0.3, 0.4) is 0 Å². The van der Waals surface area contributed by atoms with Gasteiger partial charge in [0.1, 0.15) is 4.21 Å². The normalized spacial score (nSPS) is 17.7. The zero-order chi connectivity index (χ0) is 11.8. The number of likely N-dealkylation sites (N-methyl/N-ethyl adjacent to an activating group) is 1. The maximum absolute atomic E-state index is 12.4.